The van der Waals surface area contributed by atoms with Crippen molar-refractivity contribution < 1.29 is 18.4 Å². The first kappa shape index (κ1) is 20.8. The Balaban J connectivity index is 1.48. The lowest BCUT2D eigenvalue weighted by molar-refractivity contribution is -0.131. The second-order valence-electron chi connectivity index (χ2n) is 5.97. The highest BCUT2D eigenvalue weighted by atomic mass is 35.5. The van der Waals surface area contributed by atoms with Crippen LogP contribution < -0.4 is 5.32 Å². The molecule has 0 aliphatic carbocycles. The van der Waals surface area contributed by atoms with Crippen molar-refractivity contribution in [1.29, 1.82) is 0 Å². The minimum atomic E-state index is -0.396. The number of thioether (sulfide) groups is 1. The number of benzene rings is 2. The van der Waals surface area contributed by atoms with E-state index in [1.165, 1.54) is 36.2 Å². The van der Waals surface area contributed by atoms with Gasteiger partial charge in [-0.25, -0.2) is 4.39 Å². The summed E-state index contributed by atoms with van der Waals surface area (Å²) in [5.41, 5.74) is 1.17. The van der Waals surface area contributed by atoms with Crippen LogP contribution in [0.25, 0.3) is 11.5 Å². The molecule has 0 bridgehead atoms. The third-order valence-corrected chi connectivity index (χ3v) is 4.81. The summed E-state index contributed by atoms with van der Waals surface area (Å²) in [5, 5.41) is 11.3. The van der Waals surface area contributed by atoms with E-state index in [9.17, 15) is 14.0 Å². The van der Waals surface area contributed by atoms with Gasteiger partial charge < -0.3 is 14.6 Å². The second-order valence-corrected chi connectivity index (χ2v) is 7.34. The number of anilines is 1. The minimum Gasteiger partial charge on any atom is -0.411 e. The third kappa shape index (κ3) is 6.03. The maximum absolute atomic E-state index is 12.9. The number of likely N-dealkylation sites (N-methyl/N-ethyl adjacent to an activating group) is 1. The summed E-state index contributed by atoms with van der Waals surface area (Å²) >= 11 is 6.93. The molecule has 0 fully saturated rings. The number of aromatic nitrogens is 2. The number of nitrogens with one attached hydrogen (secondary N) is 1. The fourth-order valence-electron chi connectivity index (χ4n) is 2.25. The molecule has 29 heavy (non-hydrogen) atoms. The summed E-state index contributed by atoms with van der Waals surface area (Å²) in [5.74, 6) is -0.713. The minimum absolute atomic E-state index is 0.0303. The molecule has 1 heterocycles. The average Bonchev–Trinajstić information content (AvgIpc) is 3.17. The Morgan fingerprint density at radius 1 is 1.14 bits per heavy atom. The van der Waals surface area contributed by atoms with E-state index < -0.39 is 5.82 Å². The summed E-state index contributed by atoms with van der Waals surface area (Å²) in [6, 6.07) is 12.3. The number of rotatable bonds is 7. The Bertz CT molecular complexity index is 995. The zero-order valence-corrected chi connectivity index (χ0v) is 16.8. The van der Waals surface area contributed by atoms with E-state index >= 15 is 0 Å². The monoisotopic (exact) mass is 434 g/mol. The quantitative estimate of drug-likeness (QED) is 0.570. The van der Waals surface area contributed by atoms with E-state index in [-0.39, 0.29) is 29.3 Å². The molecule has 2 aromatic carbocycles. The molecule has 3 aromatic rings. The Hall–Kier alpha value is -2.91. The van der Waals surface area contributed by atoms with Crippen molar-refractivity contribution in [3.8, 4) is 11.5 Å². The molecular weight excluding hydrogens is 419 g/mol. The molecule has 0 spiro atoms. The van der Waals surface area contributed by atoms with Crippen LogP contribution in [0.5, 0.6) is 0 Å². The van der Waals surface area contributed by atoms with Gasteiger partial charge in [0.05, 0.1) is 12.3 Å². The smallest absolute Gasteiger partial charge is 0.277 e. The van der Waals surface area contributed by atoms with Crippen LogP contribution in [0.3, 0.4) is 0 Å². The van der Waals surface area contributed by atoms with Crippen LogP contribution in [0.2, 0.25) is 5.02 Å². The molecule has 7 nitrogen and oxygen atoms in total. The Kier molecular flexibility index (Phi) is 6.84. The Morgan fingerprint density at radius 3 is 2.52 bits per heavy atom. The van der Waals surface area contributed by atoms with Crippen LogP contribution in [-0.2, 0) is 9.59 Å². The molecule has 0 unspecified atom stereocenters. The third-order valence-electron chi connectivity index (χ3n) is 3.75. The highest BCUT2D eigenvalue weighted by Gasteiger charge is 2.16. The van der Waals surface area contributed by atoms with E-state index in [2.05, 4.69) is 15.5 Å². The number of hydrogen-bond donors (Lipinski definition) is 1. The maximum atomic E-state index is 12.9. The number of amides is 2. The van der Waals surface area contributed by atoms with Gasteiger partial charge in [-0.05, 0) is 48.5 Å². The van der Waals surface area contributed by atoms with Gasteiger partial charge in [-0.15, -0.1) is 10.2 Å². The van der Waals surface area contributed by atoms with Crippen LogP contribution >= 0.6 is 23.4 Å². The molecule has 3 rings (SSSR count). The first-order valence-electron chi connectivity index (χ1n) is 8.42. The van der Waals surface area contributed by atoms with Gasteiger partial charge in [-0.1, -0.05) is 23.4 Å². The van der Waals surface area contributed by atoms with Crippen LogP contribution in [0.15, 0.2) is 58.2 Å². The topological polar surface area (TPSA) is 88.3 Å². The lowest BCUT2D eigenvalue weighted by Crippen LogP contribution is -2.35. The van der Waals surface area contributed by atoms with Gasteiger partial charge in [0, 0.05) is 23.3 Å². The number of halogens is 2. The number of nitrogens with zero attached hydrogens (tertiary/aromatic N) is 3. The summed E-state index contributed by atoms with van der Waals surface area (Å²) in [6.07, 6.45) is 0. The predicted molar refractivity (Wildman–Crippen MR) is 108 cm³/mol. The second kappa shape index (κ2) is 9.53. The van der Waals surface area contributed by atoms with E-state index in [1.54, 1.807) is 24.3 Å². The molecule has 150 valence electrons. The molecular formula is C19H16ClFN4O3S. The fraction of sp³-hybridized carbons (Fsp3) is 0.158. The Morgan fingerprint density at radius 2 is 1.83 bits per heavy atom. The molecule has 0 radical (unpaired) electrons. The van der Waals surface area contributed by atoms with E-state index in [4.69, 9.17) is 16.0 Å². The first-order chi connectivity index (χ1) is 13.9. The molecule has 2 amide bonds. The SMILES string of the molecule is CN(CC(=O)Nc1ccc(F)cc1)C(=O)CSc1nnc(-c2ccc(Cl)cc2)o1. The van der Waals surface area contributed by atoms with Crippen molar-refractivity contribution in [1.82, 2.24) is 15.1 Å². The van der Waals surface area contributed by atoms with Crippen LogP contribution in [0, 0.1) is 5.82 Å². The highest BCUT2D eigenvalue weighted by molar-refractivity contribution is 7.99. The number of carbonyl (C=O) groups excluding carboxylic acids is 2. The maximum Gasteiger partial charge on any atom is 0.277 e. The number of carbonyl (C=O) groups is 2. The van der Waals surface area contributed by atoms with Gasteiger partial charge >= 0.3 is 0 Å². The largest absolute Gasteiger partial charge is 0.411 e. The molecule has 0 saturated heterocycles. The molecule has 0 aliphatic heterocycles. The molecule has 1 aromatic heterocycles. The molecule has 0 saturated carbocycles. The van der Waals surface area contributed by atoms with Crippen molar-refractivity contribution in [3.63, 3.8) is 0 Å². The normalized spacial score (nSPS) is 10.6. The van der Waals surface area contributed by atoms with Crippen LogP contribution in [0.4, 0.5) is 10.1 Å². The zero-order chi connectivity index (χ0) is 20.8. The lowest BCUT2D eigenvalue weighted by Gasteiger charge is -2.16. The summed E-state index contributed by atoms with van der Waals surface area (Å²) in [4.78, 5) is 25.5. The van der Waals surface area contributed by atoms with Crippen LogP contribution in [-0.4, -0.2) is 46.3 Å². The van der Waals surface area contributed by atoms with Gasteiger partial charge in [0.1, 0.15) is 5.82 Å². The van der Waals surface area contributed by atoms with E-state index in [0.717, 1.165) is 17.3 Å². The van der Waals surface area contributed by atoms with Gasteiger partial charge in [-0.3, -0.25) is 9.59 Å². The summed E-state index contributed by atoms with van der Waals surface area (Å²) in [6.45, 7) is -0.142. The fourth-order valence-corrected chi connectivity index (χ4v) is 3.08. The van der Waals surface area contributed by atoms with Crippen molar-refractivity contribution in [3.05, 3.63) is 59.4 Å². The Labute approximate surface area is 175 Å². The van der Waals surface area contributed by atoms with Gasteiger partial charge in [0.2, 0.25) is 17.7 Å². The van der Waals surface area contributed by atoms with Gasteiger partial charge in [0.15, 0.2) is 0 Å². The van der Waals surface area contributed by atoms with Crippen molar-refractivity contribution in [2.24, 2.45) is 0 Å². The number of hydrogen-bond acceptors (Lipinski definition) is 6. The van der Waals surface area contributed by atoms with Crippen molar-refractivity contribution in [2.75, 3.05) is 24.7 Å². The molecule has 10 heteroatoms. The molecule has 0 atom stereocenters. The first-order valence-corrected chi connectivity index (χ1v) is 9.78. The summed E-state index contributed by atoms with van der Waals surface area (Å²) < 4.78 is 18.4. The van der Waals surface area contributed by atoms with Crippen molar-refractivity contribution in [2.45, 2.75) is 5.22 Å². The lowest BCUT2D eigenvalue weighted by atomic mass is 10.2. The van der Waals surface area contributed by atoms with Gasteiger partial charge in [-0.2, -0.15) is 0 Å². The predicted octanol–water partition coefficient (Wildman–Crippen LogP) is 3.72. The molecule has 0 aliphatic rings. The van der Waals surface area contributed by atoms with Crippen molar-refractivity contribution >= 4 is 40.9 Å². The van der Waals surface area contributed by atoms with E-state index in [1.807, 2.05) is 0 Å². The highest BCUT2D eigenvalue weighted by Crippen LogP contribution is 2.24. The summed E-state index contributed by atoms with van der Waals surface area (Å²) in [7, 11) is 1.51. The van der Waals surface area contributed by atoms with E-state index in [0.29, 0.717) is 16.6 Å². The van der Waals surface area contributed by atoms with Crippen LogP contribution in [0.1, 0.15) is 0 Å². The average molecular weight is 435 g/mol. The molecule has 1 N–H and O–H groups in total. The zero-order valence-electron chi connectivity index (χ0n) is 15.3. The standard InChI is InChI=1S/C19H16ClFN4O3S/c1-25(10-16(26)22-15-8-6-14(21)7-9-15)17(27)11-29-19-24-23-18(28-19)12-2-4-13(20)5-3-12/h2-9H,10-11H2,1H3,(H,22,26). The van der Waals surface area contributed by atoms with Gasteiger partial charge in [0.25, 0.3) is 5.22 Å².